The Morgan fingerprint density at radius 1 is 1.40 bits per heavy atom. The van der Waals surface area contributed by atoms with Crippen molar-refractivity contribution in [2.45, 2.75) is 13.3 Å². The van der Waals surface area contributed by atoms with E-state index in [1.807, 2.05) is 24.3 Å². The van der Waals surface area contributed by atoms with Gasteiger partial charge in [-0.3, -0.25) is 9.59 Å². The van der Waals surface area contributed by atoms with E-state index in [9.17, 15) is 9.59 Å². The van der Waals surface area contributed by atoms with Crippen LogP contribution in [0.3, 0.4) is 0 Å². The van der Waals surface area contributed by atoms with Gasteiger partial charge < -0.3 is 14.7 Å². The number of hydrogen-bond donors (Lipinski definition) is 1. The lowest BCUT2D eigenvalue weighted by atomic mass is 10.2. The second-order valence-corrected chi connectivity index (χ2v) is 5.40. The second-order valence-electron chi connectivity index (χ2n) is 4.54. The number of carboxylic acids is 1. The number of hydrogen-bond acceptors (Lipinski definition) is 3. The highest BCUT2D eigenvalue weighted by Gasteiger charge is 2.17. The maximum absolute atomic E-state index is 11.8. The smallest absolute Gasteiger partial charge is 0.308 e. The van der Waals surface area contributed by atoms with Crippen LogP contribution in [-0.2, 0) is 9.59 Å². The molecule has 0 aliphatic carbocycles. The van der Waals surface area contributed by atoms with E-state index >= 15 is 0 Å². The van der Waals surface area contributed by atoms with Crippen LogP contribution in [0, 0.1) is 5.92 Å². The minimum absolute atomic E-state index is 0.134. The highest BCUT2D eigenvalue weighted by Crippen LogP contribution is 2.23. The largest absolute Gasteiger partial charge is 0.492 e. The van der Waals surface area contributed by atoms with E-state index in [0.717, 1.165) is 4.47 Å². The molecule has 0 saturated heterocycles. The highest BCUT2D eigenvalue weighted by atomic mass is 79.9. The molecule has 0 saturated carbocycles. The van der Waals surface area contributed by atoms with Crippen LogP contribution in [0.15, 0.2) is 28.7 Å². The lowest BCUT2D eigenvalue weighted by Gasteiger charge is -2.19. The molecule has 1 aromatic carbocycles. The SMILES string of the molecule is CC(CN(C)C(=O)CCOc1ccccc1Br)C(=O)O. The number of carboxylic acid groups (broad SMARTS) is 1. The number of benzene rings is 1. The zero-order chi connectivity index (χ0) is 15.1. The predicted octanol–water partition coefficient (Wildman–Crippen LogP) is 2.40. The Morgan fingerprint density at radius 3 is 2.65 bits per heavy atom. The minimum atomic E-state index is -0.908. The van der Waals surface area contributed by atoms with E-state index < -0.39 is 11.9 Å². The third-order valence-corrected chi connectivity index (χ3v) is 3.46. The first kappa shape index (κ1) is 16.5. The molecular formula is C14H18BrNO4. The van der Waals surface area contributed by atoms with Crippen molar-refractivity contribution in [1.29, 1.82) is 0 Å². The number of nitrogens with zero attached hydrogens (tertiary/aromatic N) is 1. The summed E-state index contributed by atoms with van der Waals surface area (Å²) in [5.74, 6) is -0.936. The van der Waals surface area contributed by atoms with Gasteiger partial charge in [-0.1, -0.05) is 19.1 Å². The lowest BCUT2D eigenvalue weighted by molar-refractivity contribution is -0.142. The standard InChI is InChI=1S/C14H18BrNO4/c1-10(14(18)19)9-16(2)13(17)7-8-20-12-6-4-3-5-11(12)15/h3-6,10H,7-9H2,1-2H3,(H,18,19). The van der Waals surface area contributed by atoms with Gasteiger partial charge in [-0.05, 0) is 28.1 Å². The number of ether oxygens (including phenoxy) is 1. The molecule has 6 heteroatoms. The molecule has 5 nitrogen and oxygen atoms in total. The van der Waals surface area contributed by atoms with Crippen molar-refractivity contribution in [2.24, 2.45) is 5.92 Å². The molecule has 1 unspecified atom stereocenters. The van der Waals surface area contributed by atoms with E-state index in [0.29, 0.717) is 5.75 Å². The van der Waals surface area contributed by atoms with Crippen molar-refractivity contribution in [2.75, 3.05) is 20.2 Å². The zero-order valence-electron chi connectivity index (χ0n) is 11.5. The fourth-order valence-corrected chi connectivity index (χ4v) is 1.99. The molecule has 1 atom stereocenters. The fourth-order valence-electron chi connectivity index (χ4n) is 1.59. The Labute approximate surface area is 126 Å². The first-order valence-electron chi connectivity index (χ1n) is 6.26. The first-order chi connectivity index (χ1) is 9.41. The van der Waals surface area contributed by atoms with Gasteiger partial charge in [0, 0.05) is 13.6 Å². The molecule has 0 fully saturated rings. The average molecular weight is 344 g/mol. The third-order valence-electron chi connectivity index (χ3n) is 2.81. The minimum Gasteiger partial charge on any atom is -0.492 e. The monoisotopic (exact) mass is 343 g/mol. The summed E-state index contributed by atoms with van der Waals surface area (Å²) in [7, 11) is 1.60. The van der Waals surface area contributed by atoms with E-state index in [1.165, 1.54) is 4.90 Å². The zero-order valence-corrected chi connectivity index (χ0v) is 13.1. The van der Waals surface area contributed by atoms with Crippen LogP contribution >= 0.6 is 15.9 Å². The van der Waals surface area contributed by atoms with E-state index in [4.69, 9.17) is 9.84 Å². The molecule has 110 valence electrons. The van der Waals surface area contributed by atoms with Crippen LogP contribution in [0.5, 0.6) is 5.75 Å². The molecule has 0 heterocycles. The molecule has 0 bridgehead atoms. The van der Waals surface area contributed by atoms with Crippen molar-refractivity contribution in [3.8, 4) is 5.75 Å². The number of rotatable bonds is 7. The van der Waals surface area contributed by atoms with Crippen LogP contribution < -0.4 is 4.74 Å². The topological polar surface area (TPSA) is 66.8 Å². The van der Waals surface area contributed by atoms with Crippen molar-refractivity contribution in [3.05, 3.63) is 28.7 Å². The van der Waals surface area contributed by atoms with Gasteiger partial charge in [-0.15, -0.1) is 0 Å². The number of para-hydroxylation sites is 1. The van der Waals surface area contributed by atoms with Crippen LogP contribution in [0.25, 0.3) is 0 Å². The normalized spacial score (nSPS) is 11.8. The second kappa shape index (κ2) is 7.89. The summed E-state index contributed by atoms with van der Waals surface area (Å²) in [5, 5.41) is 8.80. The lowest BCUT2D eigenvalue weighted by Crippen LogP contribution is -2.34. The average Bonchev–Trinajstić information content (AvgIpc) is 2.40. The number of aliphatic carboxylic acids is 1. The van der Waals surface area contributed by atoms with Crippen molar-refractivity contribution < 1.29 is 19.4 Å². The quantitative estimate of drug-likeness (QED) is 0.825. The Hall–Kier alpha value is -1.56. The molecule has 0 radical (unpaired) electrons. The molecule has 1 N–H and O–H groups in total. The Morgan fingerprint density at radius 2 is 2.05 bits per heavy atom. The maximum Gasteiger partial charge on any atom is 0.308 e. The molecule has 1 amide bonds. The van der Waals surface area contributed by atoms with Crippen LogP contribution in [0.2, 0.25) is 0 Å². The molecule has 20 heavy (non-hydrogen) atoms. The third kappa shape index (κ3) is 5.21. The summed E-state index contributed by atoms with van der Waals surface area (Å²) >= 11 is 3.36. The molecular weight excluding hydrogens is 326 g/mol. The van der Waals surface area contributed by atoms with Gasteiger partial charge in [0.15, 0.2) is 0 Å². The summed E-state index contributed by atoms with van der Waals surface area (Å²) in [6.07, 6.45) is 0.212. The Balaban J connectivity index is 2.36. The summed E-state index contributed by atoms with van der Waals surface area (Å²) < 4.78 is 6.33. The van der Waals surface area contributed by atoms with Crippen molar-refractivity contribution in [1.82, 2.24) is 4.90 Å². The molecule has 1 rings (SSSR count). The molecule has 0 aromatic heterocycles. The fraction of sp³-hybridized carbons (Fsp3) is 0.429. The summed E-state index contributed by atoms with van der Waals surface area (Å²) in [6.45, 7) is 2.03. The molecule has 0 aliphatic heterocycles. The highest BCUT2D eigenvalue weighted by molar-refractivity contribution is 9.10. The summed E-state index contributed by atoms with van der Waals surface area (Å²) in [5.41, 5.74) is 0. The van der Waals surface area contributed by atoms with E-state index in [-0.39, 0.29) is 25.5 Å². The first-order valence-corrected chi connectivity index (χ1v) is 7.05. The van der Waals surface area contributed by atoms with Crippen LogP contribution in [0.1, 0.15) is 13.3 Å². The van der Waals surface area contributed by atoms with Crippen molar-refractivity contribution >= 4 is 27.8 Å². The Kier molecular flexibility index (Phi) is 6.51. The van der Waals surface area contributed by atoms with Gasteiger partial charge in [-0.25, -0.2) is 0 Å². The number of carbonyl (C=O) groups is 2. The number of amides is 1. The van der Waals surface area contributed by atoms with Gasteiger partial charge in [-0.2, -0.15) is 0 Å². The predicted molar refractivity (Wildman–Crippen MR) is 78.7 cm³/mol. The Bertz CT molecular complexity index is 478. The van der Waals surface area contributed by atoms with Crippen LogP contribution in [0.4, 0.5) is 0 Å². The summed E-state index contributed by atoms with van der Waals surface area (Å²) in [6, 6.07) is 7.40. The van der Waals surface area contributed by atoms with Gasteiger partial charge in [0.05, 0.1) is 23.4 Å². The van der Waals surface area contributed by atoms with Gasteiger partial charge >= 0.3 is 5.97 Å². The van der Waals surface area contributed by atoms with Gasteiger partial charge in [0.25, 0.3) is 0 Å². The molecule has 1 aromatic rings. The van der Waals surface area contributed by atoms with E-state index in [2.05, 4.69) is 15.9 Å². The maximum atomic E-state index is 11.8. The number of carbonyl (C=O) groups excluding carboxylic acids is 1. The van der Waals surface area contributed by atoms with Gasteiger partial charge in [0.1, 0.15) is 5.75 Å². The van der Waals surface area contributed by atoms with Crippen LogP contribution in [-0.4, -0.2) is 42.1 Å². The number of halogens is 1. The van der Waals surface area contributed by atoms with Gasteiger partial charge in [0.2, 0.25) is 5.91 Å². The molecule has 0 spiro atoms. The molecule has 0 aliphatic rings. The van der Waals surface area contributed by atoms with Crippen molar-refractivity contribution in [3.63, 3.8) is 0 Å². The summed E-state index contributed by atoms with van der Waals surface area (Å²) in [4.78, 5) is 24.0. The van der Waals surface area contributed by atoms with E-state index in [1.54, 1.807) is 14.0 Å².